The molecule has 5 saturated carbocycles. The lowest BCUT2D eigenvalue weighted by molar-refractivity contribution is -0.170. The quantitative estimate of drug-likeness (QED) is 0.239. The standard InChI is InChI=1S/C32H46O7/c1-16(2)18-6-8-20(25(18)39-17(3)34)19-7-9-21-22(19)14-30(15-33)24-11-13-32(30,26(21)35)28(37)31(24)12-10-23(27(31)36)29(4,5)38/h14-15,18-21,23-28,35-38H,1,6-13H2,2-5H3/t18-,19-,20+,21-,23-,24+,25+,26+,27-,28+,30+,31-,32-/m1/s1. The number of hydrogen-bond acceptors (Lipinski definition) is 7. The minimum atomic E-state index is -1.12. The summed E-state index contributed by atoms with van der Waals surface area (Å²) in [6.07, 6.45) is 5.61. The molecule has 216 valence electrons. The Morgan fingerprint density at radius 2 is 1.72 bits per heavy atom. The minimum absolute atomic E-state index is 0.0817. The Hall–Kier alpha value is -1.54. The van der Waals surface area contributed by atoms with Crippen LogP contribution in [0.25, 0.3) is 0 Å². The van der Waals surface area contributed by atoms with Gasteiger partial charge in [-0.15, -0.1) is 0 Å². The molecule has 6 rings (SSSR count). The highest BCUT2D eigenvalue weighted by Gasteiger charge is 2.83. The molecule has 6 aliphatic carbocycles. The number of esters is 1. The average Bonchev–Trinajstić information content (AvgIpc) is 3.62. The summed E-state index contributed by atoms with van der Waals surface area (Å²) >= 11 is 0. The van der Waals surface area contributed by atoms with Gasteiger partial charge in [-0.3, -0.25) is 4.79 Å². The van der Waals surface area contributed by atoms with E-state index in [-0.39, 0.29) is 41.7 Å². The van der Waals surface area contributed by atoms with Crippen LogP contribution in [0.15, 0.2) is 23.8 Å². The van der Waals surface area contributed by atoms with Crippen LogP contribution in [-0.4, -0.2) is 62.7 Å². The van der Waals surface area contributed by atoms with Crippen molar-refractivity contribution in [2.75, 3.05) is 0 Å². The van der Waals surface area contributed by atoms with E-state index >= 15 is 0 Å². The number of allylic oxidation sites excluding steroid dienone is 1. The number of rotatable bonds is 5. The van der Waals surface area contributed by atoms with Gasteiger partial charge in [0.15, 0.2) is 0 Å². The van der Waals surface area contributed by atoms with Crippen LogP contribution in [0, 0.1) is 51.8 Å². The zero-order valence-electron chi connectivity index (χ0n) is 23.8. The Labute approximate surface area is 231 Å². The first-order valence-corrected chi connectivity index (χ1v) is 15.1. The molecule has 0 saturated heterocycles. The lowest BCUT2D eigenvalue weighted by Gasteiger charge is -2.51. The molecule has 7 heteroatoms. The van der Waals surface area contributed by atoms with Gasteiger partial charge >= 0.3 is 5.97 Å². The van der Waals surface area contributed by atoms with Gasteiger partial charge in [-0.25, -0.2) is 0 Å². The number of aliphatic hydroxyl groups is 4. The summed E-state index contributed by atoms with van der Waals surface area (Å²) in [4.78, 5) is 25.4. The molecular formula is C32H46O7. The summed E-state index contributed by atoms with van der Waals surface area (Å²) in [5.74, 6) is -0.919. The highest BCUT2D eigenvalue weighted by molar-refractivity contribution is 5.71. The molecule has 13 atom stereocenters. The monoisotopic (exact) mass is 542 g/mol. The zero-order valence-corrected chi connectivity index (χ0v) is 23.8. The Bertz CT molecular complexity index is 1110. The second-order valence-corrected chi connectivity index (χ2v) is 14.6. The molecule has 0 unspecified atom stereocenters. The van der Waals surface area contributed by atoms with Crippen LogP contribution in [0.2, 0.25) is 0 Å². The number of aliphatic hydroxyl groups excluding tert-OH is 3. The summed E-state index contributed by atoms with van der Waals surface area (Å²) in [5, 5.41) is 46.9. The normalized spacial score (nSPS) is 52.1. The topological polar surface area (TPSA) is 124 Å². The van der Waals surface area contributed by atoms with Crippen molar-refractivity contribution in [1.29, 1.82) is 0 Å². The molecule has 2 bridgehead atoms. The number of fused-ring (bicyclic) bond motifs is 2. The highest BCUT2D eigenvalue weighted by Crippen LogP contribution is 2.80. The lowest BCUT2D eigenvalue weighted by atomic mass is 9.55. The molecule has 0 heterocycles. The predicted octanol–water partition coefficient (Wildman–Crippen LogP) is 3.33. The average molecular weight is 543 g/mol. The Kier molecular flexibility index (Phi) is 6.18. The van der Waals surface area contributed by atoms with E-state index in [1.165, 1.54) is 6.92 Å². The van der Waals surface area contributed by atoms with Crippen LogP contribution in [0.1, 0.15) is 79.1 Å². The Morgan fingerprint density at radius 3 is 2.31 bits per heavy atom. The third-order valence-corrected chi connectivity index (χ3v) is 12.8. The van der Waals surface area contributed by atoms with E-state index in [1.54, 1.807) is 13.8 Å². The first kappa shape index (κ1) is 27.6. The molecule has 0 aliphatic heterocycles. The van der Waals surface area contributed by atoms with E-state index in [0.717, 1.165) is 43.1 Å². The number of carbonyl (C=O) groups excluding carboxylic acids is 2. The van der Waals surface area contributed by atoms with E-state index in [2.05, 4.69) is 12.7 Å². The molecule has 0 amide bonds. The van der Waals surface area contributed by atoms with Gasteiger partial charge in [0.1, 0.15) is 12.4 Å². The van der Waals surface area contributed by atoms with Gasteiger partial charge in [-0.2, -0.15) is 0 Å². The SMILES string of the molecule is C=C(C)[C@H]1CC[C@@H]([C@H]2CC[C@@H]3C2=C[C@]2(C=O)[C@@H]4CC[C@@]2([C@H]3O)[C@@H](O)[C@]42CC[C@@H](C(C)(C)O)[C@H]2O)[C@H]1OC(C)=O. The van der Waals surface area contributed by atoms with Gasteiger partial charge < -0.3 is 30.0 Å². The maximum Gasteiger partial charge on any atom is 0.302 e. The molecule has 1 spiro atoms. The number of aldehydes is 1. The van der Waals surface area contributed by atoms with Gasteiger partial charge in [0.25, 0.3) is 0 Å². The van der Waals surface area contributed by atoms with Gasteiger partial charge in [0.2, 0.25) is 0 Å². The third kappa shape index (κ3) is 3.25. The van der Waals surface area contributed by atoms with Crippen LogP contribution >= 0.6 is 0 Å². The number of hydrogen-bond donors (Lipinski definition) is 4. The number of ether oxygens (including phenoxy) is 1. The molecule has 0 radical (unpaired) electrons. The van der Waals surface area contributed by atoms with Crippen LogP contribution in [0.5, 0.6) is 0 Å². The summed E-state index contributed by atoms with van der Waals surface area (Å²) in [5.41, 5.74) is -2.07. The fraction of sp³-hybridized carbons (Fsp3) is 0.812. The fourth-order valence-corrected chi connectivity index (χ4v) is 11.4. The van der Waals surface area contributed by atoms with Crippen molar-refractivity contribution in [3.05, 3.63) is 23.8 Å². The Balaban J connectivity index is 1.43. The molecule has 0 aromatic heterocycles. The van der Waals surface area contributed by atoms with Crippen molar-refractivity contribution in [3.8, 4) is 0 Å². The lowest BCUT2D eigenvalue weighted by Crippen LogP contribution is -2.59. The molecule has 4 N–H and O–H groups in total. The first-order chi connectivity index (χ1) is 18.3. The van der Waals surface area contributed by atoms with Crippen molar-refractivity contribution in [2.45, 2.75) is 109 Å². The van der Waals surface area contributed by atoms with Gasteiger partial charge in [0.05, 0.1) is 29.3 Å². The van der Waals surface area contributed by atoms with Crippen molar-refractivity contribution in [3.63, 3.8) is 0 Å². The van der Waals surface area contributed by atoms with Gasteiger partial charge in [0, 0.05) is 41.4 Å². The molecule has 0 aromatic rings. The number of carbonyl (C=O) groups is 2. The van der Waals surface area contributed by atoms with Crippen LogP contribution < -0.4 is 0 Å². The van der Waals surface area contributed by atoms with Crippen LogP contribution in [0.3, 0.4) is 0 Å². The van der Waals surface area contributed by atoms with Crippen LogP contribution in [0.4, 0.5) is 0 Å². The zero-order chi connectivity index (χ0) is 28.3. The van der Waals surface area contributed by atoms with E-state index in [0.29, 0.717) is 25.7 Å². The molecular weight excluding hydrogens is 496 g/mol. The second kappa shape index (κ2) is 8.73. The van der Waals surface area contributed by atoms with Gasteiger partial charge in [-0.1, -0.05) is 23.8 Å². The summed E-state index contributed by atoms with van der Waals surface area (Å²) < 4.78 is 5.90. The van der Waals surface area contributed by atoms with Crippen molar-refractivity contribution < 1.29 is 34.8 Å². The maximum absolute atomic E-state index is 13.3. The fourth-order valence-electron chi connectivity index (χ4n) is 11.4. The molecule has 39 heavy (non-hydrogen) atoms. The molecule has 7 nitrogen and oxygen atoms in total. The largest absolute Gasteiger partial charge is 0.462 e. The summed E-state index contributed by atoms with van der Waals surface area (Å²) in [6, 6.07) is 0. The minimum Gasteiger partial charge on any atom is -0.462 e. The molecule has 5 fully saturated rings. The highest BCUT2D eigenvalue weighted by atomic mass is 16.5. The maximum atomic E-state index is 13.3. The third-order valence-electron chi connectivity index (χ3n) is 12.8. The van der Waals surface area contributed by atoms with Crippen LogP contribution in [-0.2, 0) is 14.3 Å². The summed E-state index contributed by atoms with van der Waals surface area (Å²) in [7, 11) is 0. The predicted molar refractivity (Wildman–Crippen MR) is 144 cm³/mol. The van der Waals surface area contributed by atoms with Crippen molar-refractivity contribution >= 4 is 12.3 Å². The van der Waals surface area contributed by atoms with E-state index in [1.807, 2.05) is 6.92 Å². The smallest absolute Gasteiger partial charge is 0.302 e. The molecule has 0 aromatic carbocycles. The first-order valence-electron chi connectivity index (χ1n) is 15.1. The Morgan fingerprint density at radius 1 is 1.03 bits per heavy atom. The van der Waals surface area contributed by atoms with E-state index in [4.69, 9.17) is 4.74 Å². The van der Waals surface area contributed by atoms with E-state index < -0.39 is 46.1 Å². The summed E-state index contributed by atoms with van der Waals surface area (Å²) in [6.45, 7) is 11.0. The van der Waals surface area contributed by atoms with Crippen molar-refractivity contribution in [2.24, 2.45) is 51.8 Å². The van der Waals surface area contributed by atoms with Gasteiger partial charge in [-0.05, 0) is 84.0 Å². The van der Waals surface area contributed by atoms with Crippen molar-refractivity contribution in [1.82, 2.24) is 0 Å². The second-order valence-electron chi connectivity index (χ2n) is 14.6. The van der Waals surface area contributed by atoms with E-state index in [9.17, 15) is 30.0 Å². The molecule has 6 aliphatic rings.